The number of ether oxygens (including phenoxy) is 1. The smallest absolute Gasteiger partial charge is 0.206 e. The van der Waals surface area contributed by atoms with Crippen LogP contribution >= 0.6 is 0 Å². The molecular formula is C10H25N5O. The van der Waals surface area contributed by atoms with E-state index >= 15 is 0 Å². The van der Waals surface area contributed by atoms with Crippen LogP contribution in [0.15, 0.2) is 4.99 Å². The molecule has 0 aliphatic carbocycles. The van der Waals surface area contributed by atoms with E-state index in [1.807, 2.05) is 27.9 Å². The number of hydrazine groups is 1. The summed E-state index contributed by atoms with van der Waals surface area (Å²) in [6, 6.07) is 0.356. The Morgan fingerprint density at radius 2 is 2.06 bits per heavy atom. The van der Waals surface area contributed by atoms with Crippen molar-refractivity contribution in [1.82, 2.24) is 15.6 Å². The third kappa shape index (κ3) is 7.44. The minimum atomic E-state index is 0.173. The molecule has 0 aromatic rings. The summed E-state index contributed by atoms with van der Waals surface area (Å²) in [6.07, 6.45) is 0. The first-order valence-electron chi connectivity index (χ1n) is 5.44. The molecule has 0 saturated carbocycles. The van der Waals surface area contributed by atoms with Crippen LogP contribution in [0.4, 0.5) is 0 Å². The summed E-state index contributed by atoms with van der Waals surface area (Å²) in [7, 11) is 5.70. The van der Waals surface area contributed by atoms with Crippen LogP contribution in [-0.2, 0) is 4.74 Å². The minimum Gasteiger partial charge on any atom is -0.383 e. The highest BCUT2D eigenvalue weighted by Gasteiger charge is 2.06. The monoisotopic (exact) mass is 231 g/mol. The summed E-state index contributed by atoms with van der Waals surface area (Å²) >= 11 is 0. The van der Waals surface area contributed by atoms with E-state index in [2.05, 4.69) is 20.6 Å². The average Bonchev–Trinajstić information content (AvgIpc) is 2.15. The fourth-order valence-electron chi connectivity index (χ4n) is 1.43. The van der Waals surface area contributed by atoms with Gasteiger partial charge < -0.3 is 15.0 Å². The number of likely N-dealkylation sites (N-methyl/N-ethyl adjacent to an activating group) is 1. The molecule has 0 aliphatic rings. The molecule has 16 heavy (non-hydrogen) atoms. The lowest BCUT2D eigenvalue weighted by molar-refractivity contribution is 0.179. The maximum Gasteiger partial charge on any atom is 0.206 e. The molecule has 6 nitrogen and oxygen atoms in total. The molecule has 4 N–H and O–H groups in total. The largest absolute Gasteiger partial charge is 0.383 e. The van der Waals surface area contributed by atoms with Gasteiger partial charge in [0.05, 0.1) is 12.6 Å². The van der Waals surface area contributed by atoms with E-state index < -0.39 is 0 Å². The van der Waals surface area contributed by atoms with Crippen LogP contribution in [0, 0.1) is 0 Å². The standard InChI is InChI=1S/C10H25N5O/c1-8(6-15(3)4)12-10(14-11)13-9(2)7-16-5/h8-9H,6-7,11H2,1-5H3,(H2,12,13,14). The van der Waals surface area contributed by atoms with E-state index in [1.54, 1.807) is 7.11 Å². The number of nitrogens with two attached hydrogens (primary N) is 1. The zero-order valence-electron chi connectivity index (χ0n) is 10.9. The number of guanidine groups is 1. The van der Waals surface area contributed by atoms with Gasteiger partial charge in [0.2, 0.25) is 5.96 Å². The van der Waals surface area contributed by atoms with E-state index in [0.29, 0.717) is 12.6 Å². The molecule has 0 saturated heterocycles. The highest BCUT2D eigenvalue weighted by Crippen LogP contribution is 1.92. The van der Waals surface area contributed by atoms with Crippen LogP contribution < -0.4 is 16.6 Å². The van der Waals surface area contributed by atoms with Crippen molar-refractivity contribution < 1.29 is 4.74 Å². The van der Waals surface area contributed by atoms with Crippen molar-refractivity contribution >= 4 is 5.96 Å². The Hall–Kier alpha value is -0.850. The summed E-state index contributed by atoms with van der Waals surface area (Å²) in [5.41, 5.74) is 2.56. The van der Waals surface area contributed by atoms with E-state index in [4.69, 9.17) is 10.6 Å². The molecule has 2 unspecified atom stereocenters. The predicted molar refractivity (Wildman–Crippen MR) is 67.2 cm³/mol. The number of aliphatic imine (C=N–C) groups is 1. The van der Waals surface area contributed by atoms with E-state index in [0.717, 1.165) is 6.54 Å². The minimum absolute atomic E-state index is 0.173. The van der Waals surface area contributed by atoms with Gasteiger partial charge >= 0.3 is 0 Å². The van der Waals surface area contributed by atoms with Crippen molar-refractivity contribution in [2.24, 2.45) is 10.8 Å². The van der Waals surface area contributed by atoms with E-state index in [-0.39, 0.29) is 12.1 Å². The molecule has 0 fully saturated rings. The quantitative estimate of drug-likeness (QED) is 0.246. The van der Waals surface area contributed by atoms with Gasteiger partial charge in [-0.1, -0.05) is 0 Å². The normalized spacial score (nSPS) is 16.1. The van der Waals surface area contributed by atoms with Gasteiger partial charge in [-0.15, -0.1) is 0 Å². The summed E-state index contributed by atoms with van der Waals surface area (Å²) in [5, 5.41) is 3.14. The first-order valence-corrected chi connectivity index (χ1v) is 5.44. The lowest BCUT2D eigenvalue weighted by Gasteiger charge is -2.18. The molecule has 0 bridgehead atoms. The van der Waals surface area contributed by atoms with Crippen LogP contribution in [0.1, 0.15) is 13.8 Å². The summed E-state index contributed by atoms with van der Waals surface area (Å²) in [5.74, 6) is 5.99. The Balaban J connectivity index is 4.19. The molecule has 0 spiro atoms. The molecule has 0 aliphatic heterocycles. The van der Waals surface area contributed by atoms with Crippen LogP contribution in [0.5, 0.6) is 0 Å². The SMILES string of the molecule is COCC(C)NC(=NC(C)CN(C)C)NN. The number of nitrogens with one attached hydrogen (secondary N) is 2. The lowest BCUT2D eigenvalue weighted by Crippen LogP contribution is -2.47. The van der Waals surface area contributed by atoms with Gasteiger partial charge in [-0.25, -0.2) is 10.8 Å². The molecule has 0 radical (unpaired) electrons. The van der Waals surface area contributed by atoms with Crippen molar-refractivity contribution in [2.75, 3.05) is 34.4 Å². The van der Waals surface area contributed by atoms with E-state index in [1.165, 1.54) is 0 Å². The molecule has 0 aromatic heterocycles. The third-order valence-electron chi connectivity index (χ3n) is 1.92. The van der Waals surface area contributed by atoms with Crippen molar-refractivity contribution in [3.8, 4) is 0 Å². The van der Waals surface area contributed by atoms with Crippen molar-refractivity contribution in [3.63, 3.8) is 0 Å². The van der Waals surface area contributed by atoms with Gasteiger partial charge in [0.1, 0.15) is 0 Å². The fraction of sp³-hybridized carbons (Fsp3) is 0.900. The predicted octanol–water partition coefficient (Wildman–Crippen LogP) is -0.620. The first kappa shape index (κ1) is 15.2. The van der Waals surface area contributed by atoms with Gasteiger partial charge in [-0.2, -0.15) is 0 Å². The van der Waals surface area contributed by atoms with Gasteiger partial charge in [0.15, 0.2) is 0 Å². The van der Waals surface area contributed by atoms with Crippen molar-refractivity contribution in [3.05, 3.63) is 0 Å². The zero-order valence-corrected chi connectivity index (χ0v) is 10.9. The van der Waals surface area contributed by atoms with Crippen molar-refractivity contribution in [1.29, 1.82) is 0 Å². The Labute approximate surface area is 98.2 Å². The van der Waals surface area contributed by atoms with Crippen LogP contribution in [0.25, 0.3) is 0 Å². The maximum absolute atomic E-state index is 5.40. The lowest BCUT2D eigenvalue weighted by atomic mass is 10.3. The molecule has 2 atom stereocenters. The zero-order chi connectivity index (χ0) is 12.6. The number of rotatable bonds is 6. The highest BCUT2D eigenvalue weighted by atomic mass is 16.5. The average molecular weight is 231 g/mol. The molecule has 0 heterocycles. The van der Waals surface area contributed by atoms with Crippen LogP contribution in [-0.4, -0.2) is 57.3 Å². The third-order valence-corrected chi connectivity index (χ3v) is 1.92. The van der Waals surface area contributed by atoms with Crippen molar-refractivity contribution in [2.45, 2.75) is 25.9 Å². The topological polar surface area (TPSA) is 74.9 Å². The second kappa shape index (κ2) is 8.32. The van der Waals surface area contributed by atoms with Gasteiger partial charge in [0.25, 0.3) is 0 Å². The molecule has 96 valence electrons. The molecule has 0 aromatic carbocycles. The maximum atomic E-state index is 5.40. The second-order valence-electron chi connectivity index (χ2n) is 4.23. The number of nitrogens with zero attached hydrogens (tertiary/aromatic N) is 2. The van der Waals surface area contributed by atoms with Gasteiger partial charge in [0, 0.05) is 19.7 Å². The Kier molecular flexibility index (Phi) is 7.88. The Morgan fingerprint density at radius 1 is 1.44 bits per heavy atom. The summed E-state index contributed by atoms with van der Waals surface area (Å²) in [6.45, 7) is 5.54. The first-order chi connectivity index (χ1) is 7.49. The molecular weight excluding hydrogens is 206 g/mol. The summed E-state index contributed by atoms with van der Waals surface area (Å²) < 4.78 is 5.02. The van der Waals surface area contributed by atoms with Gasteiger partial charge in [-0.05, 0) is 27.9 Å². The van der Waals surface area contributed by atoms with E-state index in [9.17, 15) is 0 Å². The molecule has 0 amide bonds. The Bertz CT molecular complexity index is 207. The number of hydrogen-bond donors (Lipinski definition) is 3. The Morgan fingerprint density at radius 3 is 2.50 bits per heavy atom. The molecule has 0 rings (SSSR count). The number of hydrogen-bond acceptors (Lipinski definition) is 4. The van der Waals surface area contributed by atoms with Crippen LogP contribution in [0.2, 0.25) is 0 Å². The summed E-state index contributed by atoms with van der Waals surface area (Å²) in [4.78, 5) is 6.51. The fourth-order valence-corrected chi connectivity index (χ4v) is 1.43. The number of methoxy groups -OCH3 is 1. The highest BCUT2D eigenvalue weighted by molar-refractivity contribution is 5.79. The van der Waals surface area contributed by atoms with Crippen LogP contribution in [0.3, 0.4) is 0 Å². The molecule has 6 heteroatoms. The van der Waals surface area contributed by atoms with Gasteiger partial charge in [-0.3, -0.25) is 5.43 Å². The second-order valence-corrected chi connectivity index (χ2v) is 4.23.